The number of ether oxygens (including phenoxy) is 2. The van der Waals surface area contributed by atoms with Crippen LogP contribution in [0.25, 0.3) is 0 Å². The molecule has 0 radical (unpaired) electrons. The first kappa shape index (κ1) is 18.1. The van der Waals surface area contributed by atoms with Gasteiger partial charge in [0.05, 0.1) is 19.8 Å². The van der Waals surface area contributed by atoms with Crippen LogP contribution in [0.15, 0.2) is 18.2 Å². The lowest BCUT2D eigenvalue weighted by Crippen LogP contribution is -2.36. The molecule has 0 aromatic heterocycles. The third kappa shape index (κ3) is 4.63. The van der Waals surface area contributed by atoms with E-state index in [-0.39, 0.29) is 24.3 Å². The first-order valence-electron chi connectivity index (χ1n) is 8.40. The van der Waals surface area contributed by atoms with Gasteiger partial charge in [-0.3, -0.25) is 9.59 Å². The summed E-state index contributed by atoms with van der Waals surface area (Å²) in [6, 6.07) is 5.26. The van der Waals surface area contributed by atoms with E-state index in [2.05, 4.69) is 5.32 Å². The van der Waals surface area contributed by atoms with Crippen LogP contribution in [0.4, 0.5) is 5.69 Å². The summed E-state index contributed by atoms with van der Waals surface area (Å²) in [6.45, 7) is 6.93. The lowest BCUT2D eigenvalue weighted by atomic mass is 10.2. The fourth-order valence-corrected chi connectivity index (χ4v) is 2.57. The zero-order valence-corrected chi connectivity index (χ0v) is 14.8. The minimum absolute atomic E-state index is 0.0409. The standard InChI is InChI=1S/C18H26N2O4/c1-5-23-15-8-7-13(10-16(15)24-6-2)19-17(21)11-20(4)18(22)14-9-12(14)3/h7-8,10,12,14H,5-6,9,11H2,1-4H3,(H,19,21)/t12-,14+/m0/s1. The molecule has 2 atom stereocenters. The highest BCUT2D eigenvalue weighted by Gasteiger charge is 2.40. The molecule has 1 aromatic rings. The van der Waals surface area contributed by atoms with Crippen LogP contribution in [0.1, 0.15) is 27.2 Å². The van der Waals surface area contributed by atoms with E-state index in [1.54, 1.807) is 25.2 Å². The summed E-state index contributed by atoms with van der Waals surface area (Å²) in [4.78, 5) is 25.7. The Balaban J connectivity index is 1.95. The van der Waals surface area contributed by atoms with Crippen molar-refractivity contribution in [1.29, 1.82) is 0 Å². The predicted octanol–water partition coefficient (Wildman–Crippen LogP) is 2.54. The largest absolute Gasteiger partial charge is 0.490 e. The molecule has 1 aliphatic rings. The second-order valence-corrected chi connectivity index (χ2v) is 6.09. The fraction of sp³-hybridized carbons (Fsp3) is 0.556. The van der Waals surface area contributed by atoms with Gasteiger partial charge in [0.1, 0.15) is 0 Å². The summed E-state index contributed by atoms with van der Waals surface area (Å²) >= 11 is 0. The minimum atomic E-state index is -0.231. The minimum Gasteiger partial charge on any atom is -0.490 e. The Morgan fingerprint density at radius 3 is 2.42 bits per heavy atom. The Hall–Kier alpha value is -2.24. The molecule has 24 heavy (non-hydrogen) atoms. The number of carbonyl (C=O) groups is 2. The molecule has 132 valence electrons. The smallest absolute Gasteiger partial charge is 0.243 e. The van der Waals surface area contributed by atoms with Crippen LogP contribution in [0, 0.1) is 11.8 Å². The Morgan fingerprint density at radius 1 is 1.21 bits per heavy atom. The fourth-order valence-electron chi connectivity index (χ4n) is 2.57. The lowest BCUT2D eigenvalue weighted by molar-refractivity contribution is -0.134. The van der Waals surface area contributed by atoms with Gasteiger partial charge in [0.15, 0.2) is 11.5 Å². The molecule has 0 saturated heterocycles. The van der Waals surface area contributed by atoms with Crippen molar-refractivity contribution in [3.05, 3.63) is 18.2 Å². The van der Waals surface area contributed by atoms with Crippen molar-refractivity contribution in [2.24, 2.45) is 11.8 Å². The molecular weight excluding hydrogens is 308 g/mol. The van der Waals surface area contributed by atoms with E-state index in [0.717, 1.165) is 6.42 Å². The molecule has 0 bridgehead atoms. The molecule has 1 fully saturated rings. The first-order chi connectivity index (χ1) is 11.5. The molecule has 1 aliphatic carbocycles. The Bertz CT molecular complexity index is 603. The quantitative estimate of drug-likeness (QED) is 0.793. The second kappa shape index (κ2) is 8.04. The van der Waals surface area contributed by atoms with Crippen molar-refractivity contribution in [1.82, 2.24) is 4.90 Å². The maximum atomic E-state index is 12.2. The second-order valence-electron chi connectivity index (χ2n) is 6.09. The molecule has 0 aliphatic heterocycles. The van der Waals surface area contributed by atoms with E-state index < -0.39 is 0 Å². The van der Waals surface area contributed by atoms with Gasteiger partial charge < -0.3 is 19.7 Å². The number of likely N-dealkylation sites (N-methyl/N-ethyl adjacent to an activating group) is 1. The van der Waals surface area contributed by atoms with E-state index in [0.29, 0.717) is 36.3 Å². The monoisotopic (exact) mass is 334 g/mol. The maximum Gasteiger partial charge on any atom is 0.243 e. The van der Waals surface area contributed by atoms with Crippen LogP contribution in [-0.2, 0) is 9.59 Å². The average Bonchev–Trinajstić information content (AvgIpc) is 3.26. The van der Waals surface area contributed by atoms with Gasteiger partial charge in [0.25, 0.3) is 0 Å². The van der Waals surface area contributed by atoms with Crippen molar-refractivity contribution >= 4 is 17.5 Å². The lowest BCUT2D eigenvalue weighted by Gasteiger charge is -2.17. The van der Waals surface area contributed by atoms with Crippen molar-refractivity contribution in [3.63, 3.8) is 0 Å². The number of amides is 2. The van der Waals surface area contributed by atoms with Gasteiger partial charge in [-0.15, -0.1) is 0 Å². The number of benzene rings is 1. The van der Waals surface area contributed by atoms with E-state index in [1.807, 2.05) is 20.8 Å². The van der Waals surface area contributed by atoms with Crippen LogP contribution in [0.2, 0.25) is 0 Å². The Kier molecular flexibility index (Phi) is 6.06. The highest BCUT2D eigenvalue weighted by Crippen LogP contribution is 2.38. The SMILES string of the molecule is CCOc1ccc(NC(=O)CN(C)C(=O)[C@@H]2C[C@@H]2C)cc1OCC. The topological polar surface area (TPSA) is 67.9 Å². The summed E-state index contributed by atoms with van der Waals surface area (Å²) in [6.07, 6.45) is 0.918. The number of carbonyl (C=O) groups excluding carboxylic acids is 2. The molecule has 0 unspecified atom stereocenters. The Labute approximate surface area is 143 Å². The van der Waals surface area contributed by atoms with Crippen molar-refractivity contribution < 1.29 is 19.1 Å². The van der Waals surface area contributed by atoms with E-state index in [9.17, 15) is 9.59 Å². The molecular formula is C18H26N2O4. The third-order valence-electron chi connectivity index (χ3n) is 4.01. The molecule has 1 N–H and O–H groups in total. The van der Waals surface area contributed by atoms with Gasteiger partial charge in [-0.25, -0.2) is 0 Å². The van der Waals surface area contributed by atoms with Gasteiger partial charge in [-0.05, 0) is 38.3 Å². The number of nitrogens with zero attached hydrogens (tertiary/aromatic N) is 1. The summed E-state index contributed by atoms with van der Waals surface area (Å²) in [5.41, 5.74) is 0.618. The van der Waals surface area contributed by atoms with Gasteiger partial charge in [-0.2, -0.15) is 0 Å². The zero-order valence-electron chi connectivity index (χ0n) is 14.8. The zero-order chi connectivity index (χ0) is 17.7. The Morgan fingerprint density at radius 2 is 1.83 bits per heavy atom. The number of rotatable bonds is 8. The number of nitrogens with one attached hydrogen (secondary N) is 1. The van der Waals surface area contributed by atoms with E-state index in [1.165, 1.54) is 4.90 Å². The van der Waals surface area contributed by atoms with Crippen molar-refractivity contribution in [2.75, 3.05) is 32.1 Å². The molecule has 6 heteroatoms. The van der Waals surface area contributed by atoms with Crippen LogP contribution in [-0.4, -0.2) is 43.5 Å². The van der Waals surface area contributed by atoms with Gasteiger partial charge in [-0.1, -0.05) is 6.92 Å². The van der Waals surface area contributed by atoms with Crippen LogP contribution >= 0.6 is 0 Å². The molecule has 6 nitrogen and oxygen atoms in total. The normalized spacial score (nSPS) is 18.7. The summed E-state index contributed by atoms with van der Waals surface area (Å²) in [5.74, 6) is 1.56. The highest BCUT2D eigenvalue weighted by molar-refractivity contribution is 5.95. The highest BCUT2D eigenvalue weighted by atomic mass is 16.5. The van der Waals surface area contributed by atoms with E-state index in [4.69, 9.17) is 9.47 Å². The summed E-state index contributed by atoms with van der Waals surface area (Å²) in [7, 11) is 1.66. The van der Waals surface area contributed by atoms with Gasteiger partial charge in [0.2, 0.25) is 11.8 Å². The molecule has 2 rings (SSSR count). The van der Waals surface area contributed by atoms with Crippen LogP contribution in [0.3, 0.4) is 0 Å². The van der Waals surface area contributed by atoms with E-state index >= 15 is 0 Å². The van der Waals surface area contributed by atoms with Gasteiger partial charge >= 0.3 is 0 Å². The molecule has 1 aromatic carbocycles. The predicted molar refractivity (Wildman–Crippen MR) is 92.3 cm³/mol. The van der Waals surface area contributed by atoms with Gasteiger partial charge in [0, 0.05) is 24.7 Å². The molecule has 0 spiro atoms. The van der Waals surface area contributed by atoms with Crippen molar-refractivity contribution in [3.8, 4) is 11.5 Å². The summed E-state index contributed by atoms with van der Waals surface area (Å²) in [5, 5.41) is 2.80. The molecule has 1 saturated carbocycles. The van der Waals surface area contributed by atoms with Crippen LogP contribution < -0.4 is 14.8 Å². The number of hydrogen-bond donors (Lipinski definition) is 1. The maximum absolute atomic E-state index is 12.2. The first-order valence-corrected chi connectivity index (χ1v) is 8.40. The van der Waals surface area contributed by atoms with Crippen LogP contribution in [0.5, 0.6) is 11.5 Å². The number of anilines is 1. The third-order valence-corrected chi connectivity index (χ3v) is 4.01. The molecule has 0 heterocycles. The summed E-state index contributed by atoms with van der Waals surface area (Å²) < 4.78 is 11.0. The van der Waals surface area contributed by atoms with Crippen molar-refractivity contribution in [2.45, 2.75) is 27.2 Å². The molecule has 2 amide bonds. The average molecular weight is 334 g/mol. The number of hydrogen-bond acceptors (Lipinski definition) is 4.